The van der Waals surface area contributed by atoms with Gasteiger partial charge in [0.2, 0.25) is 0 Å². The Bertz CT molecular complexity index is 412. The van der Waals surface area contributed by atoms with Crippen LogP contribution in [0.4, 0.5) is 0 Å². The molecule has 0 fully saturated rings. The number of hydrogen-bond donors (Lipinski definition) is 1. The monoisotopic (exact) mass is 358 g/mol. The Balaban J connectivity index is 3.50. The molecule has 26 heavy (non-hydrogen) atoms. The maximum Gasteiger partial charge on any atom is 0.0459 e. The number of unbranched alkanes of at least 4 members (excludes halogenated alkanes) is 2. The quantitative estimate of drug-likeness (QED) is 0.208. The van der Waals surface area contributed by atoms with E-state index < -0.39 is 0 Å². The summed E-state index contributed by atoms with van der Waals surface area (Å²) in [4.78, 5) is 0. The van der Waals surface area contributed by atoms with Crippen molar-refractivity contribution < 1.29 is 5.11 Å². The third kappa shape index (κ3) is 19.0. The fourth-order valence-corrected chi connectivity index (χ4v) is 2.80. The van der Waals surface area contributed by atoms with E-state index in [4.69, 9.17) is 0 Å². The summed E-state index contributed by atoms with van der Waals surface area (Å²) in [5, 5.41) is 9.27. The lowest BCUT2D eigenvalue weighted by Gasteiger charge is -2.11. The summed E-state index contributed by atoms with van der Waals surface area (Å²) in [6.45, 7) is 4.71. The highest BCUT2D eigenvalue weighted by Gasteiger charge is 2.04. The number of rotatable bonds is 17. The van der Waals surface area contributed by atoms with Gasteiger partial charge in [-0.25, -0.2) is 0 Å². The molecule has 1 N–H and O–H groups in total. The molecule has 0 heterocycles. The lowest BCUT2D eigenvalue weighted by atomic mass is 9.97. The van der Waals surface area contributed by atoms with Crippen LogP contribution in [-0.4, -0.2) is 11.7 Å². The van der Waals surface area contributed by atoms with Crippen molar-refractivity contribution in [2.24, 2.45) is 5.92 Å². The third-order valence-corrected chi connectivity index (χ3v) is 4.35. The Kier molecular flexibility index (Phi) is 20.6. The molecule has 148 valence electrons. The van der Waals surface area contributed by atoms with Crippen molar-refractivity contribution in [1.29, 1.82) is 0 Å². The number of hydrogen-bond acceptors (Lipinski definition) is 1. The van der Waals surface area contributed by atoms with Gasteiger partial charge in [0.05, 0.1) is 0 Å². The SMILES string of the molecule is CCC=CCC=CCC=CCC=CCC=CCCCCC(CO)CCC. The van der Waals surface area contributed by atoms with Crippen molar-refractivity contribution in [2.75, 3.05) is 6.61 Å². The molecular formula is C25H42O. The highest BCUT2D eigenvalue weighted by atomic mass is 16.3. The smallest absolute Gasteiger partial charge is 0.0459 e. The highest BCUT2D eigenvalue weighted by molar-refractivity contribution is 5.00. The summed E-state index contributed by atoms with van der Waals surface area (Å²) in [5.74, 6) is 0.522. The zero-order valence-electron chi connectivity index (χ0n) is 17.3. The molecule has 0 aromatic carbocycles. The topological polar surface area (TPSA) is 20.2 Å². The van der Waals surface area contributed by atoms with Crippen molar-refractivity contribution >= 4 is 0 Å². The molecule has 0 rings (SSSR count). The van der Waals surface area contributed by atoms with E-state index in [1.165, 1.54) is 25.7 Å². The van der Waals surface area contributed by atoms with Gasteiger partial charge in [-0.2, -0.15) is 0 Å². The summed E-state index contributed by atoms with van der Waals surface area (Å²) in [6, 6.07) is 0. The molecule has 0 aliphatic rings. The molecule has 0 radical (unpaired) electrons. The van der Waals surface area contributed by atoms with Gasteiger partial charge in [0.15, 0.2) is 0 Å². The van der Waals surface area contributed by atoms with Crippen molar-refractivity contribution in [1.82, 2.24) is 0 Å². The molecule has 0 aromatic heterocycles. The molecule has 1 nitrogen and oxygen atoms in total. The second-order valence-electron chi connectivity index (χ2n) is 6.83. The van der Waals surface area contributed by atoms with Crippen molar-refractivity contribution in [3.63, 3.8) is 0 Å². The Labute approximate surface area is 163 Å². The van der Waals surface area contributed by atoms with Crippen LogP contribution >= 0.6 is 0 Å². The van der Waals surface area contributed by atoms with Crippen molar-refractivity contribution in [3.8, 4) is 0 Å². The fraction of sp³-hybridized carbons (Fsp3) is 0.600. The van der Waals surface area contributed by atoms with Crippen LogP contribution in [0.2, 0.25) is 0 Å². The standard InChI is InChI=1S/C25H42O/c1-3-5-6-7-8-9-10-11-12-13-14-15-16-17-18-19-20-21-23-25(24-26)22-4-2/h5-6,8-9,11-12,14-15,17-18,25-26H,3-4,7,10,13,16,19-24H2,1-2H3. The molecule has 0 aromatic rings. The van der Waals surface area contributed by atoms with E-state index in [-0.39, 0.29) is 0 Å². The number of allylic oxidation sites excluding steroid dienone is 10. The number of aliphatic hydroxyl groups excluding tert-OH is 1. The first-order valence-electron chi connectivity index (χ1n) is 10.7. The predicted molar refractivity (Wildman–Crippen MR) is 118 cm³/mol. The van der Waals surface area contributed by atoms with Crippen molar-refractivity contribution in [3.05, 3.63) is 60.8 Å². The van der Waals surface area contributed by atoms with E-state index in [0.717, 1.165) is 44.9 Å². The van der Waals surface area contributed by atoms with E-state index in [2.05, 4.69) is 74.6 Å². The molecular weight excluding hydrogens is 316 g/mol. The predicted octanol–water partition coefficient (Wildman–Crippen LogP) is 7.71. The van der Waals surface area contributed by atoms with Gasteiger partial charge in [-0.3, -0.25) is 0 Å². The minimum absolute atomic E-state index is 0.357. The van der Waals surface area contributed by atoms with E-state index >= 15 is 0 Å². The Morgan fingerprint density at radius 2 is 1.12 bits per heavy atom. The van der Waals surface area contributed by atoms with Gasteiger partial charge in [-0.05, 0) is 63.7 Å². The van der Waals surface area contributed by atoms with Gasteiger partial charge in [-0.1, -0.05) is 87.4 Å². The lowest BCUT2D eigenvalue weighted by molar-refractivity contribution is 0.207. The van der Waals surface area contributed by atoms with Gasteiger partial charge < -0.3 is 5.11 Å². The first-order valence-corrected chi connectivity index (χ1v) is 10.7. The molecule has 0 saturated heterocycles. The van der Waals surface area contributed by atoms with Crippen LogP contribution in [0.15, 0.2) is 60.8 Å². The van der Waals surface area contributed by atoms with E-state index in [0.29, 0.717) is 12.5 Å². The molecule has 1 atom stereocenters. The van der Waals surface area contributed by atoms with Gasteiger partial charge >= 0.3 is 0 Å². The summed E-state index contributed by atoms with van der Waals surface area (Å²) >= 11 is 0. The second-order valence-corrected chi connectivity index (χ2v) is 6.83. The summed E-state index contributed by atoms with van der Waals surface area (Å²) in [7, 11) is 0. The third-order valence-electron chi connectivity index (χ3n) is 4.35. The number of aliphatic hydroxyl groups is 1. The van der Waals surface area contributed by atoms with Gasteiger partial charge in [0.1, 0.15) is 0 Å². The maximum atomic E-state index is 9.27. The first kappa shape index (κ1) is 24.7. The Morgan fingerprint density at radius 1 is 0.615 bits per heavy atom. The Hall–Kier alpha value is -1.34. The molecule has 0 aliphatic carbocycles. The van der Waals surface area contributed by atoms with Gasteiger partial charge in [0.25, 0.3) is 0 Å². The van der Waals surface area contributed by atoms with Gasteiger partial charge in [-0.15, -0.1) is 0 Å². The zero-order chi connectivity index (χ0) is 19.1. The van der Waals surface area contributed by atoms with Crippen LogP contribution < -0.4 is 0 Å². The second kappa shape index (κ2) is 21.7. The normalized spacial score (nSPS) is 14.1. The zero-order valence-corrected chi connectivity index (χ0v) is 17.3. The summed E-state index contributed by atoms with van der Waals surface area (Å²) in [6.07, 6.45) is 34.8. The lowest BCUT2D eigenvalue weighted by Crippen LogP contribution is -2.05. The summed E-state index contributed by atoms with van der Waals surface area (Å²) < 4.78 is 0. The van der Waals surface area contributed by atoms with Crippen LogP contribution in [-0.2, 0) is 0 Å². The van der Waals surface area contributed by atoms with Crippen molar-refractivity contribution in [2.45, 2.75) is 84.5 Å². The molecule has 1 unspecified atom stereocenters. The molecule has 0 spiro atoms. The minimum atomic E-state index is 0.357. The van der Waals surface area contributed by atoms with Crippen LogP contribution in [0.3, 0.4) is 0 Å². The van der Waals surface area contributed by atoms with Crippen LogP contribution in [0.1, 0.15) is 84.5 Å². The molecule has 0 bridgehead atoms. The largest absolute Gasteiger partial charge is 0.396 e. The average molecular weight is 359 g/mol. The van der Waals surface area contributed by atoms with E-state index in [1.807, 2.05) is 0 Å². The van der Waals surface area contributed by atoms with E-state index in [1.54, 1.807) is 0 Å². The van der Waals surface area contributed by atoms with Crippen LogP contribution in [0, 0.1) is 5.92 Å². The minimum Gasteiger partial charge on any atom is -0.396 e. The molecule has 1 heteroatoms. The van der Waals surface area contributed by atoms with Gasteiger partial charge in [0, 0.05) is 6.61 Å². The Morgan fingerprint density at radius 3 is 1.58 bits per heavy atom. The summed E-state index contributed by atoms with van der Waals surface area (Å²) in [5.41, 5.74) is 0. The maximum absolute atomic E-state index is 9.27. The fourth-order valence-electron chi connectivity index (χ4n) is 2.80. The molecule has 0 saturated carbocycles. The molecule has 0 amide bonds. The average Bonchev–Trinajstić information content (AvgIpc) is 2.66. The van der Waals surface area contributed by atoms with Crippen LogP contribution in [0.5, 0.6) is 0 Å². The van der Waals surface area contributed by atoms with E-state index in [9.17, 15) is 5.11 Å². The molecule has 0 aliphatic heterocycles. The highest BCUT2D eigenvalue weighted by Crippen LogP contribution is 2.15. The van der Waals surface area contributed by atoms with Crippen LogP contribution in [0.25, 0.3) is 0 Å². The first-order chi connectivity index (χ1) is 12.8.